The van der Waals surface area contributed by atoms with Gasteiger partial charge in [0.2, 0.25) is 0 Å². The fourth-order valence-corrected chi connectivity index (χ4v) is 2.75. The van der Waals surface area contributed by atoms with Gasteiger partial charge in [0.05, 0.1) is 5.69 Å². The van der Waals surface area contributed by atoms with E-state index >= 15 is 0 Å². The molecule has 1 amide bonds. The number of nitrogens with one attached hydrogen (secondary N) is 1. The SMILES string of the molecule is CC(C)(C)c1ccc(NC(=O)Oc2ccccc2)cc1-c1ccccn1. The van der Waals surface area contributed by atoms with E-state index in [9.17, 15) is 4.79 Å². The Kier molecular flexibility index (Phi) is 5.03. The lowest BCUT2D eigenvalue weighted by atomic mass is 9.82. The van der Waals surface area contributed by atoms with Gasteiger partial charge in [0.15, 0.2) is 0 Å². The molecule has 0 aliphatic heterocycles. The Bertz CT molecular complexity index is 885. The molecule has 26 heavy (non-hydrogen) atoms. The van der Waals surface area contributed by atoms with Crippen molar-refractivity contribution in [1.29, 1.82) is 0 Å². The standard InChI is InChI=1S/C22H22N2O2/c1-22(2,3)19-13-12-16(15-18(19)20-11-7-8-14-23-20)24-21(25)26-17-9-5-4-6-10-17/h4-15H,1-3H3,(H,24,25). The number of nitrogens with zero attached hydrogens (tertiary/aromatic N) is 1. The summed E-state index contributed by atoms with van der Waals surface area (Å²) in [5.41, 5.74) is 3.65. The van der Waals surface area contributed by atoms with E-state index < -0.39 is 6.09 Å². The Morgan fingerprint density at radius 2 is 1.69 bits per heavy atom. The van der Waals surface area contributed by atoms with Crippen LogP contribution in [-0.2, 0) is 5.41 Å². The molecule has 0 aliphatic rings. The van der Waals surface area contributed by atoms with Crippen molar-refractivity contribution in [2.24, 2.45) is 0 Å². The monoisotopic (exact) mass is 346 g/mol. The second kappa shape index (κ2) is 7.40. The zero-order chi connectivity index (χ0) is 18.6. The first-order chi connectivity index (χ1) is 12.4. The van der Waals surface area contributed by atoms with Crippen LogP contribution in [0.2, 0.25) is 0 Å². The number of benzene rings is 2. The molecule has 0 radical (unpaired) electrons. The van der Waals surface area contributed by atoms with Crippen LogP contribution >= 0.6 is 0 Å². The summed E-state index contributed by atoms with van der Waals surface area (Å²) in [7, 11) is 0. The molecule has 4 nitrogen and oxygen atoms in total. The van der Waals surface area contributed by atoms with Gasteiger partial charge < -0.3 is 4.74 Å². The van der Waals surface area contributed by atoms with Crippen molar-refractivity contribution in [1.82, 2.24) is 4.98 Å². The van der Waals surface area contributed by atoms with Crippen molar-refractivity contribution >= 4 is 11.8 Å². The Hall–Kier alpha value is -3.14. The summed E-state index contributed by atoms with van der Waals surface area (Å²) in [6, 6.07) is 20.7. The molecule has 0 saturated carbocycles. The minimum Gasteiger partial charge on any atom is -0.410 e. The number of carbonyl (C=O) groups is 1. The van der Waals surface area contributed by atoms with E-state index in [0.717, 1.165) is 16.8 Å². The van der Waals surface area contributed by atoms with Crippen LogP contribution < -0.4 is 10.1 Å². The smallest absolute Gasteiger partial charge is 0.410 e. The van der Waals surface area contributed by atoms with E-state index in [0.29, 0.717) is 11.4 Å². The van der Waals surface area contributed by atoms with Gasteiger partial charge >= 0.3 is 6.09 Å². The zero-order valence-corrected chi connectivity index (χ0v) is 15.2. The summed E-state index contributed by atoms with van der Waals surface area (Å²) in [5, 5.41) is 2.79. The van der Waals surface area contributed by atoms with Crippen LogP contribution in [0.25, 0.3) is 11.3 Å². The Morgan fingerprint density at radius 1 is 0.962 bits per heavy atom. The van der Waals surface area contributed by atoms with Gasteiger partial charge in [-0.15, -0.1) is 0 Å². The lowest BCUT2D eigenvalue weighted by molar-refractivity contribution is 0.215. The van der Waals surface area contributed by atoms with Gasteiger partial charge in [0.25, 0.3) is 0 Å². The fraction of sp³-hybridized carbons (Fsp3) is 0.182. The fourth-order valence-electron chi connectivity index (χ4n) is 2.75. The van der Waals surface area contributed by atoms with Crippen molar-refractivity contribution in [2.75, 3.05) is 5.32 Å². The van der Waals surface area contributed by atoms with Gasteiger partial charge in [-0.05, 0) is 47.4 Å². The molecule has 2 aromatic carbocycles. The largest absolute Gasteiger partial charge is 0.417 e. The van der Waals surface area contributed by atoms with Crippen molar-refractivity contribution in [3.05, 3.63) is 78.5 Å². The number of pyridine rings is 1. The third-order valence-electron chi connectivity index (χ3n) is 3.97. The molecule has 1 heterocycles. The van der Waals surface area contributed by atoms with Crippen molar-refractivity contribution in [3.8, 4) is 17.0 Å². The molecule has 0 aliphatic carbocycles. The van der Waals surface area contributed by atoms with Crippen molar-refractivity contribution in [2.45, 2.75) is 26.2 Å². The molecule has 0 atom stereocenters. The molecule has 132 valence electrons. The van der Waals surface area contributed by atoms with Gasteiger partial charge in [-0.3, -0.25) is 10.3 Å². The summed E-state index contributed by atoms with van der Waals surface area (Å²) in [6.45, 7) is 6.47. The average Bonchev–Trinajstić information content (AvgIpc) is 2.62. The van der Waals surface area contributed by atoms with E-state index in [2.05, 4.69) is 31.1 Å². The van der Waals surface area contributed by atoms with Gasteiger partial charge in [0, 0.05) is 17.4 Å². The van der Waals surface area contributed by atoms with Crippen LogP contribution in [0.1, 0.15) is 26.3 Å². The van der Waals surface area contributed by atoms with Gasteiger partial charge in [-0.2, -0.15) is 0 Å². The lowest BCUT2D eigenvalue weighted by Crippen LogP contribution is -2.18. The number of para-hydroxylation sites is 1. The summed E-state index contributed by atoms with van der Waals surface area (Å²) < 4.78 is 5.30. The molecule has 3 aromatic rings. The summed E-state index contributed by atoms with van der Waals surface area (Å²) in [4.78, 5) is 16.6. The van der Waals surface area contributed by atoms with Crippen LogP contribution in [0.15, 0.2) is 72.9 Å². The number of hydrogen-bond acceptors (Lipinski definition) is 3. The highest BCUT2D eigenvalue weighted by Crippen LogP contribution is 2.34. The molecule has 0 saturated heterocycles. The maximum absolute atomic E-state index is 12.2. The number of carbonyl (C=O) groups excluding carboxylic acids is 1. The maximum atomic E-state index is 12.2. The number of ether oxygens (including phenoxy) is 1. The highest BCUT2D eigenvalue weighted by atomic mass is 16.6. The van der Waals surface area contributed by atoms with E-state index in [-0.39, 0.29) is 5.41 Å². The number of hydrogen-bond donors (Lipinski definition) is 1. The zero-order valence-electron chi connectivity index (χ0n) is 15.2. The van der Waals surface area contributed by atoms with Gasteiger partial charge in [-0.1, -0.05) is 51.1 Å². The first-order valence-corrected chi connectivity index (χ1v) is 8.53. The van der Waals surface area contributed by atoms with E-state index in [1.807, 2.05) is 54.6 Å². The maximum Gasteiger partial charge on any atom is 0.417 e. The Morgan fingerprint density at radius 3 is 2.35 bits per heavy atom. The molecule has 1 aromatic heterocycles. The van der Waals surface area contributed by atoms with Crippen LogP contribution in [0.3, 0.4) is 0 Å². The second-order valence-electron chi connectivity index (χ2n) is 7.05. The molecule has 0 bridgehead atoms. The Balaban J connectivity index is 1.88. The first kappa shape index (κ1) is 17.7. The number of anilines is 1. The third-order valence-corrected chi connectivity index (χ3v) is 3.97. The van der Waals surface area contributed by atoms with E-state index in [4.69, 9.17) is 4.74 Å². The predicted octanol–water partition coefficient (Wildman–Crippen LogP) is 5.66. The second-order valence-corrected chi connectivity index (χ2v) is 7.05. The van der Waals surface area contributed by atoms with Gasteiger partial charge in [0.1, 0.15) is 5.75 Å². The number of amides is 1. The normalized spacial score (nSPS) is 11.0. The molecule has 0 fully saturated rings. The Labute approximate surface area is 153 Å². The minimum atomic E-state index is -0.522. The van der Waals surface area contributed by atoms with E-state index in [1.54, 1.807) is 18.3 Å². The molecular formula is C22H22N2O2. The number of rotatable bonds is 3. The summed E-state index contributed by atoms with van der Waals surface area (Å²) in [6.07, 6.45) is 1.25. The highest BCUT2D eigenvalue weighted by molar-refractivity contribution is 5.87. The average molecular weight is 346 g/mol. The molecule has 3 rings (SSSR count). The number of aromatic nitrogens is 1. The van der Waals surface area contributed by atoms with Crippen LogP contribution in [0.4, 0.5) is 10.5 Å². The first-order valence-electron chi connectivity index (χ1n) is 8.53. The van der Waals surface area contributed by atoms with Crippen molar-refractivity contribution in [3.63, 3.8) is 0 Å². The molecule has 0 unspecified atom stereocenters. The quantitative estimate of drug-likeness (QED) is 0.666. The van der Waals surface area contributed by atoms with Crippen LogP contribution in [0, 0.1) is 0 Å². The predicted molar refractivity (Wildman–Crippen MR) is 104 cm³/mol. The summed E-state index contributed by atoms with van der Waals surface area (Å²) in [5.74, 6) is 0.501. The minimum absolute atomic E-state index is 0.0457. The van der Waals surface area contributed by atoms with E-state index in [1.165, 1.54) is 0 Å². The molecule has 1 N–H and O–H groups in total. The lowest BCUT2D eigenvalue weighted by Gasteiger charge is -2.23. The van der Waals surface area contributed by atoms with Crippen molar-refractivity contribution < 1.29 is 9.53 Å². The highest BCUT2D eigenvalue weighted by Gasteiger charge is 2.20. The molecule has 0 spiro atoms. The summed E-state index contributed by atoms with van der Waals surface area (Å²) >= 11 is 0. The third kappa shape index (κ3) is 4.28. The van der Waals surface area contributed by atoms with Crippen LogP contribution in [0.5, 0.6) is 5.75 Å². The molecule has 4 heteroatoms. The molecular weight excluding hydrogens is 324 g/mol. The van der Waals surface area contributed by atoms with Gasteiger partial charge in [-0.25, -0.2) is 4.79 Å². The topological polar surface area (TPSA) is 51.2 Å². The van der Waals surface area contributed by atoms with Crippen LogP contribution in [-0.4, -0.2) is 11.1 Å².